The smallest absolute Gasteiger partial charge is 0.328 e. The van der Waals surface area contributed by atoms with Crippen molar-refractivity contribution in [1.29, 1.82) is 0 Å². The van der Waals surface area contributed by atoms with Gasteiger partial charge in [0.05, 0.1) is 40.2 Å². The molecule has 3 atom stereocenters. The Hall–Kier alpha value is -6.46. The third kappa shape index (κ3) is 140. The first-order valence-electron chi connectivity index (χ1n) is 39.1. The van der Waals surface area contributed by atoms with Gasteiger partial charge in [-0.1, -0.05) is 177 Å². The van der Waals surface area contributed by atoms with Crippen molar-refractivity contribution in [1.82, 2.24) is 80.2 Å². The van der Waals surface area contributed by atoms with Crippen LogP contribution in [-0.2, 0) is 146 Å². The summed E-state index contributed by atoms with van der Waals surface area (Å²) < 4.78 is 187. The van der Waals surface area contributed by atoms with Crippen molar-refractivity contribution in [2.24, 2.45) is 59.2 Å². The van der Waals surface area contributed by atoms with Crippen molar-refractivity contribution in [2.45, 2.75) is 269 Å². The molecular formula is C71H160N16O30P2S8. The first-order valence-corrected chi connectivity index (χ1v) is 56.8. The van der Waals surface area contributed by atoms with Crippen LogP contribution < -0.4 is 39.0 Å². The first kappa shape index (κ1) is 146. The van der Waals surface area contributed by atoms with Crippen LogP contribution in [-0.4, -0.2) is 250 Å². The number of nitrogens with one attached hydrogen (secondary N) is 10. The molecule has 2 aromatic heterocycles. The number of carbonyl (C=O) groups excluding carboxylic acids is 10. The molecule has 2 aromatic rings. The van der Waals surface area contributed by atoms with E-state index in [-0.39, 0.29) is 86.0 Å². The SMILES string of the molecule is CC(=O)NC(=O)C(C)C.CC(=O)NC(=O)CC(C)C.CC(=O)NS(=O)(=O)C(C)C.CC(=O)NS(=O)(=O)CC(C)C.CC(C)C(=O)NS(C)(=O)=O.CC(C)C(=O)NS(C)=O.CC(C)CC(=O)NS(C)(=O)=O.CC(C)CC(=O)NS(C)=O.CC(C)CP(C)(=O)O.CC(C)CS(C)(=O)=O.CC(C)Cc1nn[nH]n1.CC(C)P(=O)(O)O.CC(C)S(=O)(=O)O.CC(C)c1nn[nH]n1.[HH].[HH]. The lowest BCUT2D eigenvalue weighted by molar-refractivity contribution is -0.132. The molecule has 0 bridgehead atoms. The van der Waals surface area contributed by atoms with E-state index in [2.05, 4.69) is 75.2 Å². The van der Waals surface area contributed by atoms with Crippen LogP contribution in [0, 0.1) is 59.2 Å². The molecular weight excluding hydrogens is 1880 g/mol. The summed E-state index contributed by atoms with van der Waals surface area (Å²) in [5.41, 5.74) is -0.535. The number of hydrogen-bond acceptors (Lipinski definition) is 32. The van der Waals surface area contributed by atoms with Crippen molar-refractivity contribution in [3.8, 4) is 0 Å². The van der Waals surface area contributed by atoms with Gasteiger partial charge in [-0.25, -0.2) is 50.5 Å². The number of imide groups is 2. The number of amides is 10. The van der Waals surface area contributed by atoms with E-state index in [1.165, 1.54) is 94.7 Å². The molecule has 0 aromatic carbocycles. The van der Waals surface area contributed by atoms with E-state index in [1.807, 2.05) is 102 Å². The Labute approximate surface area is 765 Å². The van der Waals surface area contributed by atoms with E-state index in [0.29, 0.717) is 54.3 Å². The zero-order valence-corrected chi connectivity index (χ0v) is 89.6. The topological polar surface area (TPSA) is 730 Å². The molecule has 46 nitrogen and oxygen atoms in total. The van der Waals surface area contributed by atoms with E-state index in [0.717, 1.165) is 30.6 Å². The summed E-state index contributed by atoms with van der Waals surface area (Å²) >= 11 is 0. The quantitative estimate of drug-likeness (QED) is 0.0383. The van der Waals surface area contributed by atoms with Gasteiger partial charge in [0.25, 0.3) is 10.1 Å². The number of nitrogens with zero attached hydrogens (tertiary/aromatic N) is 6. The second-order valence-electron chi connectivity index (χ2n) is 32.6. The van der Waals surface area contributed by atoms with Gasteiger partial charge in [0.1, 0.15) is 31.8 Å². The molecule has 762 valence electrons. The van der Waals surface area contributed by atoms with Crippen LogP contribution in [0.2, 0.25) is 0 Å². The molecule has 0 aliphatic heterocycles. The molecule has 0 aliphatic rings. The molecule has 14 N–H and O–H groups in total. The Kier molecular flexibility index (Phi) is 87.6. The highest BCUT2D eigenvalue weighted by Gasteiger charge is 2.20. The second-order valence-corrected chi connectivity index (χ2v) is 51.2. The van der Waals surface area contributed by atoms with E-state index >= 15 is 0 Å². The predicted octanol–water partition coefficient (Wildman–Crippen LogP) is 5.59. The van der Waals surface area contributed by atoms with Gasteiger partial charge in [0, 0.05) is 111 Å². The van der Waals surface area contributed by atoms with Crippen LogP contribution in [0.1, 0.15) is 261 Å². The maximum absolute atomic E-state index is 10.9. The molecule has 10 amide bonds. The van der Waals surface area contributed by atoms with Gasteiger partial charge in [-0.3, -0.25) is 101 Å². The lowest BCUT2D eigenvalue weighted by Gasteiger charge is -2.06. The summed E-state index contributed by atoms with van der Waals surface area (Å²) in [5, 5.41) is 29.9. The summed E-state index contributed by atoms with van der Waals surface area (Å²) in [5.74, 6) is 0.441. The van der Waals surface area contributed by atoms with E-state index in [1.54, 1.807) is 55.4 Å². The standard InChI is InChI=1S/C7H13NO2.2C6H13NO3S.C6H13NO2S.C6H11NO2.C5H10N4.2C5H11NO3S.C5H11NO2S.C5H13O2P.C5H12O2S.C4H8N4.C3H9O3P.C3H8O3S.2H2/c1-5(2)4-7(10)8-6(3)9;1-5(2)4-6(8)7-11(3,9)10;1-5(2)4-11(9,10)7-6(3)8;1-5(2)4-6(8)7-10(3)9;1-4(2)6(9)7-5(3)8;1-4(2)3-5-6-8-9-7-5;1-4(2)5(7)6-10(3,8)9;1-4(2)10(8,9)6-5(3)7;1-4(2)5(7)6-9(3)8;2*1-5(2)4-8(3,6)7;1-3(2)4-5-7-8-6-4;2*1-3(2)7(4,5)6;;/h5H,4H2,1-3H3,(H,8,9,10);2*5H,4H2,1-3H3,(H,7,8);5H,4H2,1-3H3,(H,7,8);4H,1-3H3,(H,7,8,9);4H,3H2,1-2H3,(H,6,7,8,9);2*4H,1-3H3,(H,6,7);4H,1-3H3,(H,6,7);5H,4H2,1-3H3,(H,6,7);5H,4H2,1-3H3;3H,1-2H3,(H,5,6,7,8);3H,1-2H3,(H2,4,5,6);3H,1-2H3,(H,4,5,6);2*1H. The third-order valence-electron chi connectivity index (χ3n) is 11.3. The highest BCUT2D eigenvalue weighted by atomic mass is 32.2. The van der Waals surface area contributed by atoms with Crippen molar-refractivity contribution in [2.75, 3.05) is 55.6 Å². The van der Waals surface area contributed by atoms with Crippen LogP contribution >= 0.6 is 15.0 Å². The number of H-pyrrole nitrogens is 2. The van der Waals surface area contributed by atoms with Crippen LogP contribution in [0.4, 0.5) is 0 Å². The Morgan fingerprint density at radius 2 is 0.772 bits per heavy atom. The van der Waals surface area contributed by atoms with Gasteiger partial charge in [-0.2, -0.15) is 18.8 Å². The maximum Gasteiger partial charge on any atom is 0.328 e. The molecule has 2 rings (SSSR count). The Morgan fingerprint density at radius 1 is 0.425 bits per heavy atom. The monoisotopic (exact) mass is 2030 g/mol. The van der Waals surface area contributed by atoms with Gasteiger partial charge < -0.3 is 14.7 Å². The maximum atomic E-state index is 10.9. The van der Waals surface area contributed by atoms with Gasteiger partial charge in [-0.05, 0) is 69.1 Å². The average molecular weight is 2040 g/mol. The van der Waals surface area contributed by atoms with Crippen LogP contribution in [0.5, 0.6) is 0 Å². The Bertz CT molecular complexity index is 4240. The lowest BCUT2D eigenvalue weighted by atomic mass is 10.1. The molecule has 0 spiro atoms. The molecule has 127 heavy (non-hydrogen) atoms. The fourth-order valence-corrected chi connectivity index (χ4v) is 12.7. The first-order chi connectivity index (χ1) is 56.3. The normalized spacial score (nSPS) is 12.0. The fourth-order valence-electron chi connectivity index (χ4n) is 6.04. The molecule has 0 fully saturated rings. The largest absolute Gasteiger partial charge is 0.344 e. The van der Waals surface area contributed by atoms with Crippen LogP contribution in [0.25, 0.3) is 0 Å². The minimum atomic E-state index is -3.74. The number of carbonyl (C=O) groups is 10. The predicted molar refractivity (Wildman–Crippen MR) is 500 cm³/mol. The zero-order chi connectivity index (χ0) is 104. The minimum absolute atomic E-state index is 0. The molecule has 0 saturated heterocycles. The molecule has 0 aliphatic carbocycles. The van der Waals surface area contributed by atoms with Gasteiger partial charge in [0.2, 0.25) is 99.2 Å². The van der Waals surface area contributed by atoms with E-state index in [4.69, 9.17) is 19.2 Å². The summed E-state index contributed by atoms with van der Waals surface area (Å²) in [7, 11) is -28.9. The highest BCUT2D eigenvalue weighted by Crippen LogP contribution is 2.40. The number of aromatic amines is 2. The number of sulfone groups is 1. The number of hydrogen-bond donors (Lipinski definition) is 14. The molecule has 3 unspecified atom stereocenters. The number of aromatic nitrogens is 8. The minimum Gasteiger partial charge on any atom is -0.344 e. The van der Waals surface area contributed by atoms with Crippen molar-refractivity contribution >= 4 is 156 Å². The zero-order valence-electron chi connectivity index (χ0n) is 81.3. The van der Waals surface area contributed by atoms with E-state index < -0.39 is 137 Å². The molecule has 56 heteroatoms. The van der Waals surface area contributed by atoms with Gasteiger partial charge >= 0.3 is 7.60 Å². The molecule has 0 saturated carbocycles. The average Bonchev–Trinajstić information content (AvgIpc) is 1.00. The van der Waals surface area contributed by atoms with Crippen molar-refractivity contribution in [3.63, 3.8) is 0 Å². The molecule has 0 radical (unpaired) electrons. The van der Waals surface area contributed by atoms with Crippen LogP contribution in [0.3, 0.4) is 0 Å². The third-order valence-corrected chi connectivity index (χ3v) is 22.2. The lowest BCUT2D eigenvalue weighted by Crippen LogP contribution is -2.34. The summed E-state index contributed by atoms with van der Waals surface area (Å²) in [6.07, 6.45) is 8.49. The van der Waals surface area contributed by atoms with Crippen LogP contribution in [0.15, 0.2) is 0 Å². The highest BCUT2D eigenvalue weighted by molar-refractivity contribution is 7.91. The fraction of sp³-hybridized carbons (Fsp3) is 0.831. The number of rotatable bonds is 27. The number of tetrazole rings is 2. The number of sulfonamides is 4. The Balaban J connectivity index is -0.0000000921. The summed E-state index contributed by atoms with van der Waals surface area (Å²) in [6.45, 7) is 56.4. The second kappa shape index (κ2) is 76.1. The van der Waals surface area contributed by atoms with Crippen molar-refractivity contribution < 1.29 is 138 Å². The van der Waals surface area contributed by atoms with Gasteiger partial charge in [0.15, 0.2) is 19.0 Å². The summed E-state index contributed by atoms with van der Waals surface area (Å²) in [6, 6.07) is 0. The van der Waals surface area contributed by atoms with E-state index in [9.17, 15) is 116 Å². The Morgan fingerprint density at radius 3 is 0.945 bits per heavy atom. The molecule has 2 heterocycles. The van der Waals surface area contributed by atoms with Crippen molar-refractivity contribution in [3.05, 3.63) is 11.6 Å². The van der Waals surface area contributed by atoms with Gasteiger partial charge in [-0.15, -0.1) is 20.4 Å². The summed E-state index contributed by atoms with van der Waals surface area (Å²) in [4.78, 5) is 131.